The van der Waals surface area contributed by atoms with Gasteiger partial charge in [-0.25, -0.2) is 19.2 Å². The maximum Gasteiger partial charge on any atom is 0.333 e. The molecule has 8 aliphatic rings. The molecule has 4 fully saturated rings. The second-order valence-corrected chi connectivity index (χ2v) is 15.4. The Hall–Kier alpha value is -3.16. The van der Waals surface area contributed by atoms with Crippen molar-refractivity contribution in [1.82, 2.24) is 0 Å². The van der Waals surface area contributed by atoms with E-state index in [0.29, 0.717) is 46.0 Å². The third-order valence-electron chi connectivity index (χ3n) is 12.3. The molecule has 0 heterocycles. The highest BCUT2D eigenvalue weighted by atomic mass is 16.6. The minimum absolute atomic E-state index is 0.199. The van der Waals surface area contributed by atoms with Crippen LogP contribution in [0.15, 0.2) is 46.6 Å². The number of fused-ring (bicyclic) bond motifs is 8. The lowest BCUT2D eigenvalue weighted by atomic mass is 9.91. The van der Waals surface area contributed by atoms with E-state index >= 15 is 0 Å². The number of rotatable bonds is 12. The lowest BCUT2D eigenvalue weighted by Crippen LogP contribution is -2.44. The number of allylic oxidation sites excluding steroid dienone is 4. The molecule has 0 aromatic rings. The Labute approximate surface area is 264 Å². The third-order valence-corrected chi connectivity index (χ3v) is 12.3. The summed E-state index contributed by atoms with van der Waals surface area (Å²) < 4.78 is 23.8. The monoisotopic (exact) mass is 616 g/mol. The average Bonchev–Trinajstić information content (AvgIpc) is 3.90. The van der Waals surface area contributed by atoms with Gasteiger partial charge in [0, 0.05) is 22.3 Å². The van der Waals surface area contributed by atoms with Crippen molar-refractivity contribution in [3.05, 3.63) is 46.6 Å². The van der Waals surface area contributed by atoms with E-state index in [0.717, 1.165) is 77.0 Å². The highest BCUT2D eigenvalue weighted by Crippen LogP contribution is 2.47. The second kappa shape index (κ2) is 11.6. The summed E-state index contributed by atoms with van der Waals surface area (Å²) in [5.41, 5.74) is 1.58. The Morgan fingerprint density at radius 2 is 0.689 bits per heavy atom. The summed E-state index contributed by atoms with van der Waals surface area (Å²) in [5, 5.41) is 0. The van der Waals surface area contributed by atoms with Crippen LogP contribution in [0.4, 0.5) is 0 Å². The van der Waals surface area contributed by atoms with Crippen LogP contribution in [0.3, 0.4) is 0 Å². The van der Waals surface area contributed by atoms with Crippen LogP contribution >= 0.6 is 0 Å². The molecule has 4 saturated carbocycles. The zero-order valence-corrected chi connectivity index (χ0v) is 26.0. The van der Waals surface area contributed by atoms with E-state index in [4.69, 9.17) is 18.9 Å². The van der Waals surface area contributed by atoms with Gasteiger partial charge in [-0.2, -0.15) is 0 Å². The van der Waals surface area contributed by atoms with Crippen LogP contribution < -0.4 is 0 Å². The largest absolute Gasteiger partial charge is 0.461 e. The first-order valence-corrected chi connectivity index (χ1v) is 17.4. The summed E-state index contributed by atoms with van der Waals surface area (Å²) in [7, 11) is 0. The van der Waals surface area contributed by atoms with Gasteiger partial charge in [0.1, 0.15) is 31.8 Å². The van der Waals surface area contributed by atoms with E-state index in [-0.39, 0.29) is 50.1 Å². The summed E-state index contributed by atoms with van der Waals surface area (Å²) in [6.45, 7) is -0.795. The van der Waals surface area contributed by atoms with E-state index in [9.17, 15) is 19.2 Å². The fourth-order valence-corrected chi connectivity index (χ4v) is 9.76. The predicted molar refractivity (Wildman–Crippen MR) is 162 cm³/mol. The van der Waals surface area contributed by atoms with Crippen LogP contribution in [0.2, 0.25) is 0 Å². The maximum absolute atomic E-state index is 13.3. The number of ether oxygens (including phenoxy) is 4. The average molecular weight is 617 g/mol. The minimum Gasteiger partial charge on any atom is -0.461 e. The van der Waals surface area contributed by atoms with Crippen LogP contribution in [-0.2, 0) is 38.1 Å². The van der Waals surface area contributed by atoms with Crippen molar-refractivity contribution in [2.75, 3.05) is 26.4 Å². The number of carbonyl (C=O) groups is 4. The van der Waals surface area contributed by atoms with Gasteiger partial charge in [-0.05, 0) is 124 Å². The molecule has 8 unspecified atom stereocenters. The van der Waals surface area contributed by atoms with E-state index in [2.05, 4.69) is 0 Å². The van der Waals surface area contributed by atoms with Crippen molar-refractivity contribution < 1.29 is 38.1 Å². The third kappa shape index (κ3) is 5.61. The highest BCUT2D eigenvalue weighted by molar-refractivity contribution is 5.92. The Morgan fingerprint density at radius 1 is 0.444 bits per heavy atom. The van der Waals surface area contributed by atoms with Crippen LogP contribution in [-0.4, -0.2) is 50.3 Å². The van der Waals surface area contributed by atoms with Crippen molar-refractivity contribution in [2.45, 2.75) is 77.0 Å². The molecular formula is C37H44O8. The molecule has 8 heteroatoms. The van der Waals surface area contributed by atoms with E-state index in [1.165, 1.54) is 0 Å². The summed E-state index contributed by atoms with van der Waals surface area (Å²) in [6.07, 6.45) is 20.4. The zero-order chi connectivity index (χ0) is 30.7. The molecule has 0 aliphatic heterocycles. The standard InChI is InChI=1S/C37H44O8/c38-33(29-13-21-1-5-25(29)9-21)42-17-37(18-43-34(39)30-14-22-2-6-26(30)10-22,19-44-35(40)31-15-23-3-7-27(31)11-23)20-45-36(41)32-16-24-4-8-28(32)12-24/h13-16,21-28H,1-12,17-20H2. The Balaban J connectivity index is 1.02. The molecule has 8 nitrogen and oxygen atoms in total. The fourth-order valence-electron chi connectivity index (χ4n) is 9.76. The van der Waals surface area contributed by atoms with Crippen molar-refractivity contribution in [2.24, 2.45) is 52.8 Å². The lowest BCUT2D eigenvalue weighted by molar-refractivity contribution is -0.166. The molecule has 0 radical (unpaired) electrons. The molecular weight excluding hydrogens is 572 g/mol. The molecule has 0 spiro atoms. The molecule has 0 N–H and O–H groups in total. The summed E-state index contributed by atoms with van der Waals surface area (Å²) in [5.74, 6) is 0.973. The summed E-state index contributed by atoms with van der Waals surface area (Å²) in [4.78, 5) is 53.4. The molecule has 0 amide bonds. The quantitative estimate of drug-likeness (QED) is 0.207. The molecule has 8 atom stereocenters. The van der Waals surface area contributed by atoms with Crippen molar-refractivity contribution in [3.8, 4) is 0 Å². The number of carbonyl (C=O) groups excluding carboxylic acids is 4. The van der Waals surface area contributed by atoms with E-state index in [1.54, 1.807) is 0 Å². The number of esters is 4. The van der Waals surface area contributed by atoms with Gasteiger partial charge in [0.15, 0.2) is 0 Å². The molecule has 0 saturated heterocycles. The highest BCUT2D eigenvalue weighted by Gasteiger charge is 2.45. The van der Waals surface area contributed by atoms with Gasteiger partial charge in [-0.1, -0.05) is 24.3 Å². The van der Waals surface area contributed by atoms with Crippen LogP contribution in [0.25, 0.3) is 0 Å². The van der Waals surface area contributed by atoms with Gasteiger partial charge in [0.05, 0.1) is 0 Å². The maximum atomic E-state index is 13.3. The fraction of sp³-hybridized carbons (Fsp3) is 0.676. The molecule has 0 aromatic carbocycles. The van der Waals surface area contributed by atoms with Crippen molar-refractivity contribution in [3.63, 3.8) is 0 Å². The first kappa shape index (κ1) is 29.3. The zero-order valence-electron chi connectivity index (χ0n) is 26.0. The van der Waals surface area contributed by atoms with Crippen molar-refractivity contribution >= 4 is 23.9 Å². The molecule has 0 aromatic heterocycles. The van der Waals surface area contributed by atoms with Gasteiger partial charge in [-0.3, -0.25) is 0 Å². The smallest absolute Gasteiger partial charge is 0.333 e. The Bertz CT molecular complexity index is 1200. The van der Waals surface area contributed by atoms with E-state index < -0.39 is 29.3 Å². The van der Waals surface area contributed by atoms with Crippen molar-refractivity contribution in [1.29, 1.82) is 0 Å². The Morgan fingerprint density at radius 3 is 0.867 bits per heavy atom. The van der Waals surface area contributed by atoms with Gasteiger partial charge < -0.3 is 18.9 Å². The summed E-state index contributed by atoms with van der Waals surface area (Å²) >= 11 is 0. The summed E-state index contributed by atoms with van der Waals surface area (Å²) in [6, 6.07) is 0. The second-order valence-electron chi connectivity index (χ2n) is 15.4. The minimum atomic E-state index is -1.25. The molecule has 240 valence electrons. The van der Waals surface area contributed by atoms with Gasteiger partial charge >= 0.3 is 23.9 Å². The molecule has 45 heavy (non-hydrogen) atoms. The Kier molecular flexibility index (Phi) is 7.52. The lowest BCUT2D eigenvalue weighted by Gasteiger charge is -2.32. The van der Waals surface area contributed by atoms with Gasteiger partial charge in [-0.15, -0.1) is 0 Å². The van der Waals surface area contributed by atoms with Crippen LogP contribution in [0.5, 0.6) is 0 Å². The molecule has 8 rings (SSSR count). The SMILES string of the molecule is O=C(OCC(COC(=O)C1=CC2CCC1C2)(COC(=O)C1=CC2CCC1C2)COC(=O)C1=CC2CCC1C2)C1=CC2CCC1C2. The molecule has 8 aliphatic carbocycles. The van der Waals surface area contributed by atoms with Crippen LogP contribution in [0, 0.1) is 52.8 Å². The van der Waals surface area contributed by atoms with E-state index in [1.807, 2.05) is 24.3 Å². The number of hydrogen-bond donors (Lipinski definition) is 0. The van der Waals surface area contributed by atoms with Gasteiger partial charge in [0.25, 0.3) is 0 Å². The topological polar surface area (TPSA) is 105 Å². The van der Waals surface area contributed by atoms with Crippen LogP contribution in [0.1, 0.15) is 77.0 Å². The first-order chi connectivity index (χ1) is 21.8. The normalized spacial score (nSPS) is 35.9. The molecule has 8 bridgehead atoms. The first-order valence-electron chi connectivity index (χ1n) is 17.4. The number of hydrogen-bond acceptors (Lipinski definition) is 8. The predicted octanol–water partition coefficient (Wildman–Crippen LogP) is 5.57. The van der Waals surface area contributed by atoms with Gasteiger partial charge in [0.2, 0.25) is 0 Å².